The van der Waals surface area contributed by atoms with Gasteiger partial charge in [-0.25, -0.2) is 0 Å². The third-order valence-corrected chi connectivity index (χ3v) is 3.77. The summed E-state index contributed by atoms with van der Waals surface area (Å²) in [6, 6.07) is 6.43. The van der Waals surface area contributed by atoms with E-state index < -0.39 is 0 Å². The Bertz CT molecular complexity index is 560. The Morgan fingerprint density at radius 2 is 2.11 bits per heavy atom. The van der Waals surface area contributed by atoms with Gasteiger partial charge in [0.15, 0.2) is 0 Å². The summed E-state index contributed by atoms with van der Waals surface area (Å²) in [4.78, 5) is 0. The Balaban J connectivity index is 2.43. The molecule has 1 heterocycles. The highest BCUT2D eigenvalue weighted by Gasteiger charge is 2.11. The number of hydrogen-bond donors (Lipinski definition) is 1. The van der Waals surface area contributed by atoms with E-state index >= 15 is 0 Å². The molecule has 1 unspecified atom stereocenters. The molecule has 0 bridgehead atoms. The first-order valence-electron chi connectivity index (χ1n) is 6.00. The fourth-order valence-corrected chi connectivity index (χ4v) is 2.33. The Hall–Kier alpha value is -1.32. The molecule has 1 N–H and O–H groups in total. The van der Waals surface area contributed by atoms with Crippen LogP contribution in [0.1, 0.15) is 24.2 Å². The second kappa shape index (κ2) is 5.12. The van der Waals surface area contributed by atoms with Gasteiger partial charge in [0.1, 0.15) is 0 Å². The normalized spacial score (nSPS) is 12.7. The van der Waals surface area contributed by atoms with Gasteiger partial charge in [-0.05, 0) is 38.1 Å². The number of rotatable bonds is 3. The smallest absolute Gasteiger partial charge is 0.0571 e. The van der Waals surface area contributed by atoms with Gasteiger partial charge in [0.2, 0.25) is 0 Å². The molecule has 0 amide bonds. The van der Waals surface area contributed by atoms with E-state index in [0.717, 1.165) is 27.4 Å². The zero-order valence-electron chi connectivity index (χ0n) is 11.2. The second-order valence-electron chi connectivity index (χ2n) is 4.51. The minimum absolute atomic E-state index is 0.251. The lowest BCUT2D eigenvalue weighted by Crippen LogP contribution is -2.12. The maximum Gasteiger partial charge on any atom is 0.0571 e. The topological polar surface area (TPSA) is 29.9 Å². The fourth-order valence-electron chi connectivity index (χ4n) is 1.98. The summed E-state index contributed by atoms with van der Waals surface area (Å²) in [5.74, 6) is 0. The van der Waals surface area contributed by atoms with Crippen LogP contribution in [0.2, 0.25) is 5.02 Å². The first-order chi connectivity index (χ1) is 8.54. The molecule has 0 saturated carbocycles. The second-order valence-corrected chi connectivity index (χ2v) is 4.92. The molecule has 2 rings (SSSR count). The first-order valence-corrected chi connectivity index (χ1v) is 6.38. The summed E-state index contributed by atoms with van der Waals surface area (Å²) in [6.07, 6.45) is 1.88. The van der Waals surface area contributed by atoms with Crippen molar-refractivity contribution in [3.05, 3.63) is 40.7 Å². The summed E-state index contributed by atoms with van der Waals surface area (Å²) in [5.41, 5.74) is 4.49. The van der Waals surface area contributed by atoms with Crippen molar-refractivity contribution in [1.82, 2.24) is 15.1 Å². The summed E-state index contributed by atoms with van der Waals surface area (Å²) >= 11 is 6.34. The van der Waals surface area contributed by atoms with Gasteiger partial charge in [0, 0.05) is 29.4 Å². The van der Waals surface area contributed by atoms with E-state index in [1.807, 2.05) is 31.0 Å². The molecular weight excluding hydrogens is 246 g/mol. The van der Waals surface area contributed by atoms with Crippen molar-refractivity contribution in [2.75, 3.05) is 7.05 Å². The highest BCUT2D eigenvalue weighted by Crippen LogP contribution is 2.30. The zero-order chi connectivity index (χ0) is 13.3. The maximum atomic E-state index is 6.34. The molecule has 0 saturated heterocycles. The van der Waals surface area contributed by atoms with Gasteiger partial charge in [0.05, 0.1) is 6.20 Å². The predicted octanol–water partition coefficient (Wildman–Crippen LogP) is 3.33. The van der Waals surface area contributed by atoms with Crippen molar-refractivity contribution in [2.45, 2.75) is 19.9 Å². The van der Waals surface area contributed by atoms with Crippen LogP contribution in [-0.2, 0) is 7.05 Å². The van der Waals surface area contributed by atoms with Gasteiger partial charge in [-0.3, -0.25) is 4.68 Å². The molecule has 1 aromatic heterocycles. The lowest BCUT2D eigenvalue weighted by atomic mass is 10.0. The lowest BCUT2D eigenvalue weighted by molar-refractivity contribution is 0.652. The van der Waals surface area contributed by atoms with Crippen molar-refractivity contribution in [1.29, 1.82) is 0 Å². The van der Waals surface area contributed by atoms with Crippen LogP contribution in [0.4, 0.5) is 0 Å². The molecule has 0 aliphatic heterocycles. The van der Waals surface area contributed by atoms with Crippen molar-refractivity contribution in [3.63, 3.8) is 0 Å². The number of benzene rings is 1. The Labute approximate surface area is 113 Å². The van der Waals surface area contributed by atoms with E-state index in [1.54, 1.807) is 0 Å². The highest BCUT2D eigenvalue weighted by molar-refractivity contribution is 6.31. The molecule has 1 atom stereocenters. The number of nitrogens with zero attached hydrogens (tertiary/aromatic N) is 2. The van der Waals surface area contributed by atoms with Gasteiger partial charge < -0.3 is 5.32 Å². The maximum absolute atomic E-state index is 6.34. The Morgan fingerprint density at radius 1 is 1.39 bits per heavy atom. The van der Waals surface area contributed by atoms with Crippen LogP contribution >= 0.6 is 11.6 Å². The average Bonchev–Trinajstić information content (AvgIpc) is 2.69. The van der Waals surface area contributed by atoms with E-state index in [4.69, 9.17) is 11.6 Å². The molecule has 3 nitrogen and oxygen atoms in total. The number of halogens is 1. The number of aromatic nitrogens is 2. The molecule has 96 valence electrons. The van der Waals surface area contributed by atoms with Crippen LogP contribution in [0, 0.1) is 6.92 Å². The molecule has 4 heteroatoms. The monoisotopic (exact) mass is 263 g/mol. The highest BCUT2D eigenvalue weighted by atomic mass is 35.5. The SMILES string of the molecule is CNC(C)c1ccc(-c2cnn(C)c2C)cc1Cl. The van der Waals surface area contributed by atoms with E-state index in [1.165, 1.54) is 0 Å². The lowest BCUT2D eigenvalue weighted by Gasteiger charge is -2.13. The van der Waals surface area contributed by atoms with E-state index in [0.29, 0.717) is 0 Å². The van der Waals surface area contributed by atoms with E-state index in [9.17, 15) is 0 Å². The molecule has 0 aliphatic carbocycles. The van der Waals surface area contributed by atoms with Gasteiger partial charge in [-0.15, -0.1) is 0 Å². The largest absolute Gasteiger partial charge is 0.313 e. The quantitative estimate of drug-likeness (QED) is 0.921. The van der Waals surface area contributed by atoms with Crippen molar-refractivity contribution in [2.24, 2.45) is 7.05 Å². The summed E-state index contributed by atoms with van der Waals surface area (Å²) < 4.78 is 1.87. The van der Waals surface area contributed by atoms with Crippen LogP contribution in [0.3, 0.4) is 0 Å². The van der Waals surface area contributed by atoms with Gasteiger partial charge >= 0.3 is 0 Å². The fraction of sp³-hybridized carbons (Fsp3) is 0.357. The van der Waals surface area contributed by atoms with Gasteiger partial charge in [-0.1, -0.05) is 23.7 Å². The minimum Gasteiger partial charge on any atom is -0.313 e. The molecule has 0 spiro atoms. The zero-order valence-corrected chi connectivity index (χ0v) is 11.9. The summed E-state index contributed by atoms with van der Waals surface area (Å²) in [6.45, 7) is 4.15. The number of aryl methyl sites for hydroxylation is 1. The Morgan fingerprint density at radius 3 is 2.61 bits per heavy atom. The predicted molar refractivity (Wildman–Crippen MR) is 75.9 cm³/mol. The van der Waals surface area contributed by atoms with Gasteiger partial charge in [-0.2, -0.15) is 5.10 Å². The van der Waals surface area contributed by atoms with E-state index in [-0.39, 0.29) is 6.04 Å². The van der Waals surface area contributed by atoms with Crippen molar-refractivity contribution in [3.8, 4) is 11.1 Å². The third-order valence-electron chi connectivity index (χ3n) is 3.45. The standard InChI is InChI=1S/C14H18ClN3/c1-9(16-3)12-6-5-11(7-14(12)15)13-8-17-18(4)10(13)2/h5-9,16H,1-4H3. The van der Waals surface area contributed by atoms with Crippen LogP contribution in [0.25, 0.3) is 11.1 Å². The molecule has 0 aliphatic rings. The minimum atomic E-state index is 0.251. The molecule has 2 aromatic rings. The molecule has 0 fully saturated rings. The molecule has 1 aromatic carbocycles. The molecule has 0 radical (unpaired) electrons. The summed E-state index contributed by atoms with van der Waals surface area (Å²) in [5, 5.41) is 8.24. The van der Waals surface area contributed by atoms with Crippen LogP contribution in [0.5, 0.6) is 0 Å². The average molecular weight is 264 g/mol. The van der Waals surface area contributed by atoms with Gasteiger partial charge in [0.25, 0.3) is 0 Å². The third kappa shape index (κ3) is 2.28. The first kappa shape index (κ1) is 13.1. The summed E-state index contributed by atoms with van der Waals surface area (Å²) in [7, 11) is 3.87. The van der Waals surface area contributed by atoms with Crippen molar-refractivity contribution >= 4 is 11.6 Å². The van der Waals surface area contributed by atoms with E-state index in [2.05, 4.69) is 36.4 Å². The van der Waals surface area contributed by atoms with Crippen LogP contribution in [0.15, 0.2) is 24.4 Å². The van der Waals surface area contributed by atoms with Crippen molar-refractivity contribution < 1.29 is 0 Å². The number of hydrogen-bond acceptors (Lipinski definition) is 2. The molecular formula is C14H18ClN3. The molecule has 18 heavy (non-hydrogen) atoms. The van der Waals surface area contributed by atoms with Crippen LogP contribution in [-0.4, -0.2) is 16.8 Å². The Kier molecular flexibility index (Phi) is 3.73. The number of nitrogens with one attached hydrogen (secondary N) is 1. The van der Waals surface area contributed by atoms with Crippen LogP contribution < -0.4 is 5.32 Å².